The van der Waals surface area contributed by atoms with Crippen molar-refractivity contribution in [3.63, 3.8) is 0 Å². The van der Waals surface area contributed by atoms with Crippen LogP contribution in [0.3, 0.4) is 0 Å². The molecule has 1 amide bonds. The van der Waals surface area contributed by atoms with Gasteiger partial charge >= 0.3 is 5.97 Å². The Morgan fingerprint density at radius 2 is 1.84 bits per heavy atom. The number of ether oxygens (including phenoxy) is 1. The van der Waals surface area contributed by atoms with Gasteiger partial charge in [0.15, 0.2) is 0 Å². The van der Waals surface area contributed by atoms with Crippen molar-refractivity contribution in [3.8, 4) is 0 Å². The second-order valence-electron chi connectivity index (χ2n) is 5.60. The largest absolute Gasteiger partial charge is 0.481 e. The highest BCUT2D eigenvalue weighted by molar-refractivity contribution is 5.80. The smallest absolute Gasteiger partial charge is 0.306 e. The number of aliphatic carboxylic acids is 1. The van der Waals surface area contributed by atoms with Crippen molar-refractivity contribution < 1.29 is 24.5 Å². The fourth-order valence-corrected chi connectivity index (χ4v) is 2.77. The molecule has 6 nitrogen and oxygen atoms in total. The monoisotopic (exact) mass is 271 g/mol. The van der Waals surface area contributed by atoms with E-state index < -0.39 is 17.5 Å². The molecule has 2 atom stereocenters. The maximum absolute atomic E-state index is 12.0. The third-order valence-electron chi connectivity index (χ3n) is 4.17. The zero-order chi connectivity index (χ0) is 13.9. The van der Waals surface area contributed by atoms with Crippen LogP contribution in [0.15, 0.2) is 0 Å². The van der Waals surface area contributed by atoms with Crippen molar-refractivity contribution in [2.75, 3.05) is 19.8 Å². The molecule has 2 fully saturated rings. The molecule has 0 aromatic carbocycles. The Bertz CT molecular complexity index is 351. The average Bonchev–Trinajstić information content (AvgIpc) is 2.87. The fourth-order valence-electron chi connectivity index (χ4n) is 2.77. The Hall–Kier alpha value is -1.14. The Labute approximate surface area is 112 Å². The second-order valence-corrected chi connectivity index (χ2v) is 5.60. The van der Waals surface area contributed by atoms with Crippen LogP contribution in [0.2, 0.25) is 0 Å². The van der Waals surface area contributed by atoms with Crippen LogP contribution >= 0.6 is 0 Å². The number of carbonyl (C=O) groups excluding carboxylic acids is 1. The fraction of sp³-hybridized carbons (Fsp3) is 0.846. The number of rotatable bonds is 4. The molecular weight excluding hydrogens is 250 g/mol. The van der Waals surface area contributed by atoms with Gasteiger partial charge in [-0.05, 0) is 19.3 Å². The zero-order valence-electron chi connectivity index (χ0n) is 10.9. The van der Waals surface area contributed by atoms with Crippen LogP contribution in [0.25, 0.3) is 0 Å². The summed E-state index contributed by atoms with van der Waals surface area (Å²) in [6.45, 7) is 1.25. The third-order valence-corrected chi connectivity index (χ3v) is 4.17. The van der Waals surface area contributed by atoms with E-state index in [2.05, 4.69) is 5.32 Å². The number of nitrogens with one attached hydrogen (secondary N) is 1. The Morgan fingerprint density at radius 1 is 1.21 bits per heavy atom. The number of hydrogen-bond acceptors (Lipinski definition) is 4. The van der Waals surface area contributed by atoms with Crippen molar-refractivity contribution in [3.05, 3.63) is 0 Å². The first-order chi connectivity index (χ1) is 9.00. The molecule has 1 aliphatic heterocycles. The number of carbonyl (C=O) groups is 2. The third kappa shape index (κ3) is 3.67. The number of carboxylic acids is 1. The lowest BCUT2D eigenvalue weighted by atomic mass is 9.94. The van der Waals surface area contributed by atoms with E-state index in [1.807, 2.05) is 0 Å². The number of carboxylic acid groups (broad SMARTS) is 1. The van der Waals surface area contributed by atoms with Gasteiger partial charge in [-0.3, -0.25) is 9.59 Å². The molecule has 19 heavy (non-hydrogen) atoms. The van der Waals surface area contributed by atoms with Crippen LogP contribution in [0.5, 0.6) is 0 Å². The molecule has 1 heterocycles. The van der Waals surface area contributed by atoms with Gasteiger partial charge < -0.3 is 20.3 Å². The van der Waals surface area contributed by atoms with E-state index in [4.69, 9.17) is 9.84 Å². The van der Waals surface area contributed by atoms with Crippen molar-refractivity contribution >= 4 is 11.9 Å². The highest BCUT2D eigenvalue weighted by Crippen LogP contribution is 2.31. The molecule has 0 radical (unpaired) electrons. The highest BCUT2D eigenvalue weighted by Gasteiger charge is 2.35. The number of aliphatic hydroxyl groups is 1. The second kappa shape index (κ2) is 5.88. The summed E-state index contributed by atoms with van der Waals surface area (Å²) >= 11 is 0. The number of hydrogen-bond donors (Lipinski definition) is 3. The van der Waals surface area contributed by atoms with E-state index >= 15 is 0 Å². The van der Waals surface area contributed by atoms with Gasteiger partial charge in [-0.15, -0.1) is 0 Å². The Morgan fingerprint density at radius 3 is 2.42 bits per heavy atom. The van der Waals surface area contributed by atoms with Crippen molar-refractivity contribution in [2.45, 2.75) is 37.7 Å². The van der Waals surface area contributed by atoms with Gasteiger partial charge in [0.25, 0.3) is 0 Å². The lowest BCUT2D eigenvalue weighted by molar-refractivity contribution is -0.141. The van der Waals surface area contributed by atoms with E-state index in [1.54, 1.807) is 0 Å². The van der Waals surface area contributed by atoms with Crippen LogP contribution in [0, 0.1) is 11.8 Å². The molecule has 0 aromatic heterocycles. The van der Waals surface area contributed by atoms with Crippen molar-refractivity contribution in [1.29, 1.82) is 0 Å². The molecule has 0 spiro atoms. The van der Waals surface area contributed by atoms with E-state index in [0.717, 1.165) is 0 Å². The van der Waals surface area contributed by atoms with E-state index in [0.29, 0.717) is 45.3 Å². The standard InChI is InChI=1S/C13H21NO5/c15-11(9-1-2-10(7-9)12(16)17)14-8-13(18)3-5-19-6-4-13/h9-10,18H,1-8H2,(H,14,15)(H,16,17). The molecule has 2 unspecified atom stereocenters. The molecule has 0 bridgehead atoms. The van der Waals surface area contributed by atoms with Crippen molar-refractivity contribution in [2.24, 2.45) is 11.8 Å². The molecule has 0 aromatic rings. The Balaban J connectivity index is 1.77. The quantitative estimate of drug-likeness (QED) is 0.676. The summed E-state index contributed by atoms with van der Waals surface area (Å²) < 4.78 is 5.17. The highest BCUT2D eigenvalue weighted by atomic mass is 16.5. The molecule has 3 N–H and O–H groups in total. The van der Waals surface area contributed by atoms with Crippen molar-refractivity contribution in [1.82, 2.24) is 5.32 Å². The molecule has 1 saturated carbocycles. The van der Waals surface area contributed by atoms with Gasteiger partial charge in [-0.1, -0.05) is 0 Å². The van der Waals surface area contributed by atoms with Crippen LogP contribution < -0.4 is 5.32 Å². The zero-order valence-corrected chi connectivity index (χ0v) is 10.9. The molecule has 2 aliphatic rings. The maximum atomic E-state index is 12.0. The van der Waals surface area contributed by atoms with Gasteiger partial charge in [0.1, 0.15) is 0 Å². The first-order valence-electron chi connectivity index (χ1n) is 6.81. The van der Waals surface area contributed by atoms with Gasteiger partial charge in [0, 0.05) is 38.5 Å². The minimum atomic E-state index is -0.876. The van der Waals surface area contributed by atoms with Crippen LogP contribution in [-0.2, 0) is 14.3 Å². The van der Waals surface area contributed by atoms with Gasteiger partial charge in [0.05, 0.1) is 11.5 Å². The van der Waals surface area contributed by atoms with Gasteiger partial charge in [-0.25, -0.2) is 0 Å². The van der Waals surface area contributed by atoms with Gasteiger partial charge in [0.2, 0.25) is 5.91 Å². The lowest BCUT2D eigenvalue weighted by Crippen LogP contribution is -2.47. The summed E-state index contributed by atoms with van der Waals surface area (Å²) in [5.74, 6) is -1.59. The van der Waals surface area contributed by atoms with E-state index in [-0.39, 0.29) is 18.4 Å². The summed E-state index contributed by atoms with van der Waals surface area (Å²) in [5, 5.41) is 21.9. The van der Waals surface area contributed by atoms with Crippen LogP contribution in [0.4, 0.5) is 0 Å². The Kier molecular flexibility index (Phi) is 4.42. The molecule has 1 aliphatic carbocycles. The van der Waals surface area contributed by atoms with E-state index in [1.165, 1.54) is 0 Å². The molecule has 6 heteroatoms. The summed E-state index contributed by atoms with van der Waals surface area (Å²) in [4.78, 5) is 22.8. The summed E-state index contributed by atoms with van der Waals surface area (Å²) in [7, 11) is 0. The first kappa shape index (κ1) is 14.3. The topological polar surface area (TPSA) is 95.9 Å². The van der Waals surface area contributed by atoms with Crippen LogP contribution in [-0.4, -0.2) is 47.4 Å². The maximum Gasteiger partial charge on any atom is 0.306 e. The normalized spacial score (nSPS) is 29.9. The minimum absolute atomic E-state index is 0.135. The van der Waals surface area contributed by atoms with Gasteiger partial charge in [-0.2, -0.15) is 0 Å². The average molecular weight is 271 g/mol. The van der Waals surface area contributed by atoms with Crippen LogP contribution in [0.1, 0.15) is 32.1 Å². The summed E-state index contributed by atoms with van der Waals surface area (Å²) in [6.07, 6.45) is 2.63. The molecule has 2 rings (SSSR count). The molecule has 1 saturated heterocycles. The first-order valence-corrected chi connectivity index (χ1v) is 6.81. The molecule has 108 valence electrons. The minimum Gasteiger partial charge on any atom is -0.481 e. The lowest BCUT2D eigenvalue weighted by Gasteiger charge is -2.32. The summed E-state index contributed by atoms with van der Waals surface area (Å²) in [5.41, 5.74) is -0.876. The summed E-state index contributed by atoms with van der Waals surface area (Å²) in [6, 6.07) is 0. The SMILES string of the molecule is O=C(O)C1CCC(C(=O)NCC2(O)CCOCC2)C1. The molecular formula is C13H21NO5. The predicted octanol–water partition coefficient (Wildman–Crippen LogP) is 0.145. The number of amides is 1. The van der Waals surface area contributed by atoms with E-state index in [9.17, 15) is 14.7 Å². The predicted molar refractivity (Wildman–Crippen MR) is 66.5 cm³/mol.